The summed E-state index contributed by atoms with van der Waals surface area (Å²) in [6.45, 7) is 1.06. The quantitative estimate of drug-likeness (QED) is 0.858. The van der Waals surface area contributed by atoms with E-state index in [1.807, 2.05) is 7.05 Å². The highest BCUT2D eigenvalue weighted by molar-refractivity contribution is 5.19. The molecule has 3 heteroatoms. The lowest BCUT2D eigenvalue weighted by molar-refractivity contribution is 0.226. The zero-order valence-corrected chi connectivity index (χ0v) is 11.5. The first-order chi connectivity index (χ1) is 8.84. The van der Waals surface area contributed by atoms with Crippen LogP contribution in [0.15, 0.2) is 6.20 Å². The molecule has 2 aliphatic rings. The molecule has 0 amide bonds. The van der Waals surface area contributed by atoms with Gasteiger partial charge in [0.1, 0.15) is 5.82 Å². The molecule has 1 heterocycles. The van der Waals surface area contributed by atoms with Crippen molar-refractivity contribution in [3.8, 4) is 0 Å². The van der Waals surface area contributed by atoms with E-state index in [0.717, 1.165) is 12.5 Å². The Hall–Kier alpha value is -0.830. The molecule has 0 aromatic carbocycles. The van der Waals surface area contributed by atoms with E-state index in [-0.39, 0.29) is 0 Å². The van der Waals surface area contributed by atoms with E-state index in [1.54, 1.807) is 0 Å². The molecule has 1 aromatic rings. The minimum absolute atomic E-state index is 0.307. The van der Waals surface area contributed by atoms with E-state index >= 15 is 0 Å². The van der Waals surface area contributed by atoms with Gasteiger partial charge in [-0.25, -0.2) is 4.98 Å². The Bertz CT molecular complexity index is 386. The molecular weight excluding hydrogens is 222 g/mol. The van der Waals surface area contributed by atoms with Gasteiger partial charge in [0.25, 0.3) is 0 Å². The number of nitrogens with one attached hydrogen (secondary N) is 2. The first kappa shape index (κ1) is 12.2. The fourth-order valence-electron chi connectivity index (χ4n) is 3.67. The van der Waals surface area contributed by atoms with Crippen molar-refractivity contribution < 1.29 is 0 Å². The van der Waals surface area contributed by atoms with E-state index in [4.69, 9.17) is 4.98 Å². The minimum Gasteiger partial charge on any atom is -0.345 e. The van der Waals surface area contributed by atoms with Crippen molar-refractivity contribution >= 4 is 0 Å². The van der Waals surface area contributed by atoms with Crippen LogP contribution in [0.5, 0.6) is 0 Å². The summed E-state index contributed by atoms with van der Waals surface area (Å²) in [5.74, 6) is 1.98. The predicted octanol–water partition coefficient (Wildman–Crippen LogP) is 3.10. The summed E-state index contributed by atoms with van der Waals surface area (Å²) in [4.78, 5) is 8.37. The van der Waals surface area contributed by atoms with E-state index in [0.29, 0.717) is 5.41 Å². The minimum atomic E-state index is 0.307. The summed E-state index contributed by atoms with van der Waals surface area (Å²) in [6.07, 6.45) is 12.9. The smallest absolute Gasteiger partial charge is 0.113 e. The summed E-state index contributed by atoms with van der Waals surface area (Å²) < 4.78 is 0. The van der Waals surface area contributed by atoms with Crippen LogP contribution < -0.4 is 5.32 Å². The van der Waals surface area contributed by atoms with Gasteiger partial charge in [-0.2, -0.15) is 0 Å². The second-order valence-electron chi connectivity index (χ2n) is 6.19. The van der Waals surface area contributed by atoms with Crippen LogP contribution in [0.3, 0.4) is 0 Å². The maximum atomic E-state index is 4.71. The van der Waals surface area contributed by atoms with Crippen LogP contribution in [-0.4, -0.2) is 23.6 Å². The number of hydrogen-bond acceptors (Lipinski definition) is 2. The molecule has 2 aliphatic carbocycles. The van der Waals surface area contributed by atoms with Crippen molar-refractivity contribution in [3.63, 3.8) is 0 Å². The van der Waals surface area contributed by atoms with E-state index in [1.165, 1.54) is 62.9 Å². The number of aromatic nitrogens is 2. The van der Waals surface area contributed by atoms with Crippen LogP contribution in [0.2, 0.25) is 0 Å². The molecule has 3 nitrogen and oxygen atoms in total. The van der Waals surface area contributed by atoms with Crippen molar-refractivity contribution in [1.29, 1.82) is 0 Å². The molecule has 0 spiro atoms. The van der Waals surface area contributed by atoms with Gasteiger partial charge in [0.15, 0.2) is 0 Å². The van der Waals surface area contributed by atoms with Gasteiger partial charge in [0.05, 0.1) is 0 Å². The topological polar surface area (TPSA) is 40.7 Å². The zero-order chi connectivity index (χ0) is 12.4. The Morgan fingerprint density at radius 1 is 1.28 bits per heavy atom. The second-order valence-corrected chi connectivity index (χ2v) is 6.19. The Kier molecular flexibility index (Phi) is 3.42. The third-order valence-electron chi connectivity index (χ3n) is 4.97. The van der Waals surface area contributed by atoms with Gasteiger partial charge in [-0.1, -0.05) is 25.7 Å². The van der Waals surface area contributed by atoms with Crippen LogP contribution in [0, 0.1) is 0 Å². The lowest BCUT2D eigenvalue weighted by atomic mass is 9.68. The highest BCUT2D eigenvalue weighted by Gasteiger charge is 2.40. The summed E-state index contributed by atoms with van der Waals surface area (Å²) in [6, 6.07) is 0. The van der Waals surface area contributed by atoms with Gasteiger partial charge in [-0.3, -0.25) is 0 Å². The molecule has 0 aliphatic heterocycles. The number of aromatic amines is 1. The third kappa shape index (κ3) is 2.09. The summed E-state index contributed by atoms with van der Waals surface area (Å²) >= 11 is 0. The highest BCUT2D eigenvalue weighted by Crippen LogP contribution is 2.42. The van der Waals surface area contributed by atoms with Crippen LogP contribution in [0.4, 0.5) is 0 Å². The molecule has 2 fully saturated rings. The lowest BCUT2D eigenvalue weighted by Gasteiger charge is -2.40. The second kappa shape index (κ2) is 5.04. The normalized spacial score (nSPS) is 23.8. The van der Waals surface area contributed by atoms with Gasteiger partial charge >= 0.3 is 0 Å². The van der Waals surface area contributed by atoms with Crippen molar-refractivity contribution in [2.75, 3.05) is 13.6 Å². The van der Waals surface area contributed by atoms with Crippen molar-refractivity contribution in [3.05, 3.63) is 17.7 Å². The van der Waals surface area contributed by atoms with Gasteiger partial charge in [0.2, 0.25) is 0 Å². The summed E-state index contributed by atoms with van der Waals surface area (Å²) in [5.41, 5.74) is 1.70. The van der Waals surface area contributed by atoms with E-state index in [2.05, 4.69) is 16.5 Å². The molecule has 0 radical (unpaired) electrons. The number of hydrogen-bond donors (Lipinski definition) is 2. The molecule has 0 atom stereocenters. The standard InChI is InChI=1S/C15H25N3/c1-16-11-15(8-5-9-15)14-17-10-13(18-14)12-6-3-2-4-7-12/h10,12,16H,2-9,11H2,1H3,(H,17,18). The zero-order valence-electron chi connectivity index (χ0n) is 11.5. The molecule has 18 heavy (non-hydrogen) atoms. The molecule has 1 aromatic heterocycles. The molecule has 0 bridgehead atoms. The number of likely N-dealkylation sites (N-methyl/N-ethyl adjacent to an activating group) is 1. The van der Waals surface area contributed by atoms with Gasteiger partial charge in [0, 0.05) is 29.8 Å². The Morgan fingerprint density at radius 2 is 2.06 bits per heavy atom. The SMILES string of the molecule is CNCC1(c2ncc(C3CCCCC3)[nH]2)CCC1. The molecular formula is C15H25N3. The largest absolute Gasteiger partial charge is 0.345 e. The fourth-order valence-corrected chi connectivity index (χ4v) is 3.67. The highest BCUT2D eigenvalue weighted by atomic mass is 15.0. The van der Waals surface area contributed by atoms with Crippen LogP contribution in [0.25, 0.3) is 0 Å². The number of nitrogens with zero attached hydrogens (tertiary/aromatic N) is 1. The van der Waals surface area contributed by atoms with Crippen LogP contribution in [-0.2, 0) is 5.41 Å². The Balaban J connectivity index is 1.75. The predicted molar refractivity (Wildman–Crippen MR) is 73.9 cm³/mol. The molecule has 100 valence electrons. The maximum Gasteiger partial charge on any atom is 0.113 e. The van der Waals surface area contributed by atoms with Gasteiger partial charge in [-0.05, 0) is 32.7 Å². The molecule has 0 unspecified atom stereocenters. The molecule has 3 rings (SSSR count). The van der Waals surface area contributed by atoms with Crippen molar-refractivity contribution in [2.24, 2.45) is 0 Å². The number of imidazole rings is 1. The Labute approximate surface area is 110 Å². The first-order valence-electron chi connectivity index (χ1n) is 7.54. The van der Waals surface area contributed by atoms with E-state index < -0.39 is 0 Å². The third-order valence-corrected chi connectivity index (χ3v) is 4.97. The number of H-pyrrole nitrogens is 1. The Morgan fingerprint density at radius 3 is 2.67 bits per heavy atom. The average molecular weight is 247 g/mol. The van der Waals surface area contributed by atoms with Crippen LogP contribution in [0.1, 0.15) is 68.8 Å². The number of rotatable bonds is 4. The molecule has 0 saturated heterocycles. The fraction of sp³-hybridized carbons (Fsp3) is 0.800. The lowest BCUT2D eigenvalue weighted by Crippen LogP contribution is -2.43. The summed E-state index contributed by atoms with van der Waals surface area (Å²) in [7, 11) is 2.05. The van der Waals surface area contributed by atoms with Gasteiger partial charge in [-0.15, -0.1) is 0 Å². The first-order valence-corrected chi connectivity index (χ1v) is 7.54. The van der Waals surface area contributed by atoms with Crippen molar-refractivity contribution in [1.82, 2.24) is 15.3 Å². The average Bonchev–Trinajstić information content (AvgIpc) is 2.84. The molecule has 2 saturated carbocycles. The molecule has 2 N–H and O–H groups in total. The van der Waals surface area contributed by atoms with Crippen molar-refractivity contribution in [2.45, 2.75) is 62.7 Å². The monoisotopic (exact) mass is 247 g/mol. The van der Waals surface area contributed by atoms with Crippen LogP contribution >= 0.6 is 0 Å². The van der Waals surface area contributed by atoms with Gasteiger partial charge < -0.3 is 10.3 Å². The summed E-state index contributed by atoms with van der Waals surface area (Å²) in [5, 5.41) is 3.34. The maximum absolute atomic E-state index is 4.71. The van der Waals surface area contributed by atoms with E-state index in [9.17, 15) is 0 Å².